The minimum Gasteiger partial charge on any atom is -0.313 e. The fourth-order valence-electron chi connectivity index (χ4n) is 2.08. The maximum atomic E-state index is 12.3. The van der Waals surface area contributed by atoms with Gasteiger partial charge in [0.1, 0.15) is 0 Å². The number of aromatic nitrogens is 2. The van der Waals surface area contributed by atoms with Gasteiger partial charge in [0.15, 0.2) is 0 Å². The number of hydrogen-bond acceptors (Lipinski definition) is 3. The molecule has 106 valence electrons. The summed E-state index contributed by atoms with van der Waals surface area (Å²) in [5.41, 5.74) is 0.401. The van der Waals surface area contributed by atoms with Crippen LogP contribution >= 0.6 is 0 Å². The number of hydrogen-bond donors (Lipinski definition) is 2. The van der Waals surface area contributed by atoms with E-state index in [4.69, 9.17) is 0 Å². The summed E-state index contributed by atoms with van der Waals surface area (Å²) < 4.78 is 1.32. The first-order chi connectivity index (χ1) is 9.63. The predicted molar refractivity (Wildman–Crippen MR) is 81.1 cm³/mol. The van der Waals surface area contributed by atoms with E-state index in [1.807, 2.05) is 0 Å². The Morgan fingerprint density at radius 1 is 1.30 bits per heavy atom. The molecule has 0 saturated carbocycles. The maximum absolute atomic E-state index is 12.3. The van der Waals surface area contributed by atoms with Crippen molar-refractivity contribution in [3.8, 4) is 0 Å². The quantitative estimate of drug-likeness (QED) is 0.615. The van der Waals surface area contributed by atoms with Crippen LogP contribution in [0.25, 0.3) is 10.8 Å². The van der Waals surface area contributed by atoms with Gasteiger partial charge in [0.05, 0.1) is 17.3 Å². The van der Waals surface area contributed by atoms with E-state index in [0.29, 0.717) is 23.9 Å². The third-order valence-corrected chi connectivity index (χ3v) is 3.07. The molecular weight excluding hydrogens is 254 g/mol. The first-order valence-electron chi connectivity index (χ1n) is 6.72. The molecule has 1 aromatic heterocycles. The highest BCUT2D eigenvalue weighted by atomic mass is 16.2. The van der Waals surface area contributed by atoms with Crippen molar-refractivity contribution in [3.63, 3.8) is 0 Å². The van der Waals surface area contributed by atoms with Crippen molar-refractivity contribution in [2.75, 3.05) is 13.1 Å². The summed E-state index contributed by atoms with van der Waals surface area (Å²) in [5.74, 6) is 0. The van der Waals surface area contributed by atoms with Crippen LogP contribution in [0, 0.1) is 0 Å². The first kappa shape index (κ1) is 14.3. The lowest BCUT2D eigenvalue weighted by Crippen LogP contribution is -2.31. The molecular formula is C15H19N3O2. The van der Waals surface area contributed by atoms with Gasteiger partial charge in [-0.3, -0.25) is 14.7 Å². The molecule has 2 aromatic rings. The Morgan fingerprint density at radius 2 is 2.00 bits per heavy atom. The molecule has 1 heterocycles. The average Bonchev–Trinajstić information content (AvgIpc) is 2.45. The van der Waals surface area contributed by atoms with Gasteiger partial charge in [0, 0.05) is 6.54 Å². The van der Waals surface area contributed by atoms with E-state index in [-0.39, 0.29) is 11.1 Å². The van der Waals surface area contributed by atoms with Crippen LogP contribution in [0.3, 0.4) is 0 Å². The first-order valence-corrected chi connectivity index (χ1v) is 6.72. The van der Waals surface area contributed by atoms with Crippen LogP contribution in [-0.2, 0) is 6.54 Å². The Labute approximate surface area is 116 Å². The van der Waals surface area contributed by atoms with E-state index in [0.717, 1.165) is 18.5 Å². The van der Waals surface area contributed by atoms with E-state index in [2.05, 4.69) is 23.9 Å². The summed E-state index contributed by atoms with van der Waals surface area (Å²) in [4.78, 5) is 24.2. The zero-order valence-corrected chi connectivity index (χ0v) is 11.6. The van der Waals surface area contributed by atoms with Crippen LogP contribution in [0.4, 0.5) is 0 Å². The van der Waals surface area contributed by atoms with Gasteiger partial charge in [-0.1, -0.05) is 25.6 Å². The van der Waals surface area contributed by atoms with Gasteiger partial charge in [-0.05, 0) is 30.7 Å². The van der Waals surface area contributed by atoms with Gasteiger partial charge in [-0.15, -0.1) is 0 Å². The molecule has 0 aliphatic heterocycles. The molecule has 0 unspecified atom stereocenters. The van der Waals surface area contributed by atoms with Gasteiger partial charge in [0.2, 0.25) is 0 Å². The predicted octanol–water partition coefficient (Wildman–Crippen LogP) is 1.25. The Bertz CT molecular complexity index is 728. The fourth-order valence-corrected chi connectivity index (χ4v) is 2.08. The SMILES string of the molecule is C=C(CNCCC)Cn1[nH]c(=O)c2ccccc2c1=O. The number of nitrogens with one attached hydrogen (secondary N) is 2. The second-order valence-electron chi connectivity index (χ2n) is 4.80. The topological polar surface area (TPSA) is 66.9 Å². The molecule has 0 amide bonds. The van der Waals surface area contributed by atoms with E-state index >= 15 is 0 Å². The summed E-state index contributed by atoms with van der Waals surface area (Å²) in [6.45, 7) is 7.87. The molecule has 1 aromatic carbocycles. The van der Waals surface area contributed by atoms with Crippen LogP contribution in [-0.4, -0.2) is 22.9 Å². The van der Waals surface area contributed by atoms with Crippen LogP contribution in [0.1, 0.15) is 13.3 Å². The van der Waals surface area contributed by atoms with Crippen molar-refractivity contribution in [2.45, 2.75) is 19.9 Å². The number of H-pyrrole nitrogens is 1. The van der Waals surface area contributed by atoms with Crippen molar-refractivity contribution in [2.24, 2.45) is 0 Å². The summed E-state index contributed by atoms with van der Waals surface area (Å²) in [7, 11) is 0. The molecule has 0 spiro atoms. The van der Waals surface area contributed by atoms with E-state index in [1.165, 1.54) is 4.68 Å². The molecule has 5 heteroatoms. The number of rotatable bonds is 6. The number of aromatic amines is 1. The monoisotopic (exact) mass is 273 g/mol. The van der Waals surface area contributed by atoms with Crippen molar-refractivity contribution in [1.29, 1.82) is 0 Å². The lowest BCUT2D eigenvalue weighted by Gasteiger charge is -2.10. The number of benzene rings is 1. The smallest absolute Gasteiger partial charge is 0.273 e. The highest BCUT2D eigenvalue weighted by molar-refractivity contribution is 5.80. The van der Waals surface area contributed by atoms with Crippen molar-refractivity contribution in [3.05, 3.63) is 57.1 Å². The minimum absolute atomic E-state index is 0.197. The van der Waals surface area contributed by atoms with Gasteiger partial charge >= 0.3 is 0 Å². The van der Waals surface area contributed by atoms with Crippen LogP contribution in [0.15, 0.2) is 46.0 Å². The second-order valence-corrected chi connectivity index (χ2v) is 4.80. The molecule has 0 radical (unpaired) electrons. The standard InChI is InChI=1S/C15H19N3O2/c1-3-8-16-9-11(2)10-18-15(20)13-7-5-4-6-12(13)14(19)17-18/h4-7,16H,2-3,8-10H2,1H3,(H,17,19). The summed E-state index contributed by atoms with van der Waals surface area (Å²) in [6, 6.07) is 6.82. The number of nitrogens with zero attached hydrogens (tertiary/aromatic N) is 1. The van der Waals surface area contributed by atoms with E-state index < -0.39 is 0 Å². The molecule has 0 saturated heterocycles. The largest absolute Gasteiger partial charge is 0.313 e. The Balaban J connectivity index is 2.27. The lowest BCUT2D eigenvalue weighted by atomic mass is 10.2. The highest BCUT2D eigenvalue weighted by Crippen LogP contribution is 2.03. The molecule has 0 fully saturated rings. The van der Waals surface area contributed by atoms with Crippen LogP contribution in [0.5, 0.6) is 0 Å². The molecule has 0 aliphatic rings. The third kappa shape index (κ3) is 3.05. The summed E-state index contributed by atoms with van der Waals surface area (Å²) in [5, 5.41) is 6.67. The van der Waals surface area contributed by atoms with Crippen LogP contribution < -0.4 is 16.4 Å². The Hall–Kier alpha value is -2.14. The van der Waals surface area contributed by atoms with E-state index in [9.17, 15) is 9.59 Å². The average molecular weight is 273 g/mol. The van der Waals surface area contributed by atoms with Crippen molar-refractivity contribution in [1.82, 2.24) is 15.1 Å². The van der Waals surface area contributed by atoms with Gasteiger partial charge < -0.3 is 5.32 Å². The summed E-state index contributed by atoms with van der Waals surface area (Å²) >= 11 is 0. The molecule has 5 nitrogen and oxygen atoms in total. The van der Waals surface area contributed by atoms with Gasteiger partial charge in [0.25, 0.3) is 11.1 Å². The Morgan fingerprint density at radius 3 is 2.70 bits per heavy atom. The van der Waals surface area contributed by atoms with E-state index in [1.54, 1.807) is 24.3 Å². The Kier molecular flexibility index (Phi) is 4.53. The van der Waals surface area contributed by atoms with Gasteiger partial charge in [-0.25, -0.2) is 4.68 Å². The molecule has 2 N–H and O–H groups in total. The van der Waals surface area contributed by atoms with Crippen molar-refractivity contribution >= 4 is 10.8 Å². The molecule has 2 rings (SSSR count). The highest BCUT2D eigenvalue weighted by Gasteiger charge is 2.07. The molecule has 0 bridgehead atoms. The molecule has 0 aliphatic carbocycles. The summed E-state index contributed by atoms with van der Waals surface area (Å²) in [6.07, 6.45) is 1.04. The molecule has 0 atom stereocenters. The third-order valence-electron chi connectivity index (χ3n) is 3.07. The normalized spacial score (nSPS) is 10.8. The van der Waals surface area contributed by atoms with Crippen molar-refractivity contribution < 1.29 is 0 Å². The zero-order chi connectivity index (χ0) is 14.5. The second kappa shape index (κ2) is 6.34. The van der Waals surface area contributed by atoms with Gasteiger partial charge in [-0.2, -0.15) is 0 Å². The molecule has 20 heavy (non-hydrogen) atoms. The minimum atomic E-state index is -0.255. The number of fused-ring (bicyclic) bond motifs is 1. The fraction of sp³-hybridized carbons (Fsp3) is 0.333. The zero-order valence-electron chi connectivity index (χ0n) is 11.6. The maximum Gasteiger partial charge on any atom is 0.273 e. The lowest BCUT2D eigenvalue weighted by molar-refractivity contribution is 0.602. The van der Waals surface area contributed by atoms with Crippen LogP contribution in [0.2, 0.25) is 0 Å².